The minimum atomic E-state index is -0.400. The van der Waals surface area contributed by atoms with E-state index in [1.165, 1.54) is 18.2 Å². The maximum atomic E-state index is 12.9. The van der Waals surface area contributed by atoms with Crippen molar-refractivity contribution in [2.75, 3.05) is 6.54 Å². The Morgan fingerprint density at radius 1 is 1.56 bits per heavy atom. The first-order valence-corrected chi connectivity index (χ1v) is 5.47. The van der Waals surface area contributed by atoms with E-state index in [4.69, 9.17) is 5.73 Å². The predicted octanol–water partition coefficient (Wildman–Crippen LogP) is 1.29. The molecule has 0 aliphatic heterocycles. The quantitative estimate of drug-likeness (QED) is 0.806. The molecule has 1 fully saturated rings. The van der Waals surface area contributed by atoms with Crippen LogP contribution in [0.15, 0.2) is 24.3 Å². The molecule has 0 bridgehead atoms. The maximum Gasteiger partial charge on any atom is 0.251 e. The number of nitrogens with two attached hydrogens (primary N) is 1. The SMILES string of the molecule is NCC(NC(=O)c1cccc(F)c1)C1CC1. The van der Waals surface area contributed by atoms with Crippen molar-refractivity contribution in [3.63, 3.8) is 0 Å². The van der Waals surface area contributed by atoms with Crippen LogP contribution in [0.2, 0.25) is 0 Å². The molecule has 3 N–H and O–H groups in total. The molecule has 1 aliphatic carbocycles. The zero-order chi connectivity index (χ0) is 11.5. The van der Waals surface area contributed by atoms with Crippen molar-refractivity contribution >= 4 is 5.91 Å². The topological polar surface area (TPSA) is 55.1 Å². The van der Waals surface area contributed by atoms with E-state index < -0.39 is 5.82 Å². The molecule has 1 aromatic rings. The van der Waals surface area contributed by atoms with E-state index >= 15 is 0 Å². The van der Waals surface area contributed by atoms with Crippen LogP contribution in [0.1, 0.15) is 23.2 Å². The van der Waals surface area contributed by atoms with E-state index in [2.05, 4.69) is 5.32 Å². The highest BCUT2D eigenvalue weighted by Crippen LogP contribution is 2.32. The van der Waals surface area contributed by atoms with E-state index in [0.29, 0.717) is 18.0 Å². The molecule has 1 aliphatic rings. The van der Waals surface area contributed by atoms with Gasteiger partial charge in [0.1, 0.15) is 5.82 Å². The van der Waals surface area contributed by atoms with Gasteiger partial charge < -0.3 is 11.1 Å². The minimum absolute atomic E-state index is 0.0239. The van der Waals surface area contributed by atoms with Gasteiger partial charge in [-0.3, -0.25) is 4.79 Å². The zero-order valence-corrected chi connectivity index (χ0v) is 8.95. The summed E-state index contributed by atoms with van der Waals surface area (Å²) in [5.74, 6) is -0.146. The second kappa shape index (κ2) is 4.61. The van der Waals surface area contributed by atoms with E-state index in [0.717, 1.165) is 12.8 Å². The molecular formula is C12H15FN2O. The number of halogens is 1. The van der Waals surface area contributed by atoms with E-state index in [1.54, 1.807) is 6.07 Å². The lowest BCUT2D eigenvalue weighted by molar-refractivity contribution is 0.0933. The van der Waals surface area contributed by atoms with Gasteiger partial charge in [0.2, 0.25) is 0 Å². The van der Waals surface area contributed by atoms with Crippen molar-refractivity contribution in [1.82, 2.24) is 5.32 Å². The second-order valence-electron chi connectivity index (χ2n) is 4.16. The first kappa shape index (κ1) is 11.1. The summed E-state index contributed by atoms with van der Waals surface area (Å²) in [7, 11) is 0. The Morgan fingerprint density at radius 2 is 2.31 bits per heavy atom. The monoisotopic (exact) mass is 222 g/mol. The van der Waals surface area contributed by atoms with Gasteiger partial charge in [-0.2, -0.15) is 0 Å². The van der Waals surface area contributed by atoms with Gasteiger partial charge in [0, 0.05) is 18.2 Å². The van der Waals surface area contributed by atoms with Gasteiger partial charge in [-0.15, -0.1) is 0 Å². The Labute approximate surface area is 93.8 Å². The number of hydrogen-bond acceptors (Lipinski definition) is 2. The molecule has 4 heteroatoms. The number of hydrogen-bond donors (Lipinski definition) is 2. The van der Waals surface area contributed by atoms with Gasteiger partial charge >= 0.3 is 0 Å². The Balaban J connectivity index is 2.01. The van der Waals surface area contributed by atoms with Crippen molar-refractivity contribution in [2.24, 2.45) is 11.7 Å². The number of benzene rings is 1. The van der Waals surface area contributed by atoms with Crippen LogP contribution in [-0.4, -0.2) is 18.5 Å². The van der Waals surface area contributed by atoms with Crippen molar-refractivity contribution in [3.8, 4) is 0 Å². The highest BCUT2D eigenvalue weighted by molar-refractivity contribution is 5.94. The Hall–Kier alpha value is -1.42. The highest BCUT2D eigenvalue weighted by Gasteiger charge is 2.31. The summed E-state index contributed by atoms with van der Waals surface area (Å²) < 4.78 is 12.9. The molecule has 1 unspecified atom stereocenters. The third kappa shape index (κ3) is 2.58. The van der Waals surface area contributed by atoms with Crippen molar-refractivity contribution in [3.05, 3.63) is 35.6 Å². The van der Waals surface area contributed by atoms with Crippen LogP contribution in [0.5, 0.6) is 0 Å². The molecule has 0 radical (unpaired) electrons. The standard InChI is InChI=1S/C12H15FN2O/c13-10-3-1-2-9(6-10)12(16)15-11(7-14)8-4-5-8/h1-3,6,8,11H,4-5,7,14H2,(H,15,16). The fraction of sp³-hybridized carbons (Fsp3) is 0.417. The summed E-state index contributed by atoms with van der Waals surface area (Å²) in [4.78, 5) is 11.8. The van der Waals surface area contributed by atoms with Gasteiger partial charge in [-0.25, -0.2) is 4.39 Å². The molecule has 1 saturated carbocycles. The Morgan fingerprint density at radius 3 is 2.88 bits per heavy atom. The highest BCUT2D eigenvalue weighted by atomic mass is 19.1. The number of rotatable bonds is 4. The summed E-state index contributed by atoms with van der Waals surface area (Å²) in [6.07, 6.45) is 2.23. The molecule has 2 rings (SSSR count). The Kier molecular flexibility index (Phi) is 3.19. The zero-order valence-electron chi connectivity index (χ0n) is 8.95. The summed E-state index contributed by atoms with van der Waals surface area (Å²) in [6, 6.07) is 5.70. The van der Waals surface area contributed by atoms with Crippen LogP contribution in [0.25, 0.3) is 0 Å². The smallest absolute Gasteiger partial charge is 0.251 e. The molecule has 3 nitrogen and oxygen atoms in total. The van der Waals surface area contributed by atoms with Gasteiger partial charge in [0.05, 0.1) is 0 Å². The number of carbonyl (C=O) groups is 1. The van der Waals surface area contributed by atoms with Crippen LogP contribution < -0.4 is 11.1 Å². The van der Waals surface area contributed by atoms with Crippen LogP contribution in [0.3, 0.4) is 0 Å². The maximum absolute atomic E-state index is 12.9. The first-order valence-electron chi connectivity index (χ1n) is 5.47. The van der Waals surface area contributed by atoms with Gasteiger partial charge in [0.15, 0.2) is 0 Å². The summed E-state index contributed by atoms with van der Waals surface area (Å²) in [6.45, 7) is 0.436. The Bertz CT molecular complexity index is 390. The van der Waals surface area contributed by atoms with Crippen molar-refractivity contribution in [1.29, 1.82) is 0 Å². The number of amides is 1. The summed E-state index contributed by atoms with van der Waals surface area (Å²) in [5.41, 5.74) is 5.93. The molecular weight excluding hydrogens is 207 g/mol. The van der Waals surface area contributed by atoms with Crippen LogP contribution in [0, 0.1) is 11.7 Å². The normalized spacial score (nSPS) is 16.9. The molecule has 1 aromatic carbocycles. The second-order valence-corrected chi connectivity index (χ2v) is 4.16. The molecule has 16 heavy (non-hydrogen) atoms. The molecule has 1 amide bonds. The average molecular weight is 222 g/mol. The third-order valence-electron chi connectivity index (χ3n) is 2.85. The fourth-order valence-electron chi connectivity index (χ4n) is 1.75. The minimum Gasteiger partial charge on any atom is -0.348 e. The third-order valence-corrected chi connectivity index (χ3v) is 2.85. The fourth-order valence-corrected chi connectivity index (χ4v) is 1.75. The lowest BCUT2D eigenvalue weighted by Gasteiger charge is -2.15. The van der Waals surface area contributed by atoms with E-state index in [9.17, 15) is 9.18 Å². The van der Waals surface area contributed by atoms with Crippen molar-refractivity contribution < 1.29 is 9.18 Å². The van der Waals surface area contributed by atoms with Crippen LogP contribution in [-0.2, 0) is 0 Å². The van der Waals surface area contributed by atoms with E-state index in [1.807, 2.05) is 0 Å². The summed E-state index contributed by atoms with van der Waals surface area (Å²) in [5, 5.41) is 2.84. The van der Waals surface area contributed by atoms with E-state index in [-0.39, 0.29) is 11.9 Å². The van der Waals surface area contributed by atoms with Crippen LogP contribution >= 0.6 is 0 Å². The predicted molar refractivity (Wildman–Crippen MR) is 59.4 cm³/mol. The van der Waals surface area contributed by atoms with Crippen molar-refractivity contribution in [2.45, 2.75) is 18.9 Å². The van der Waals surface area contributed by atoms with Gasteiger partial charge in [-0.05, 0) is 37.0 Å². The lowest BCUT2D eigenvalue weighted by Crippen LogP contribution is -2.41. The molecule has 0 saturated heterocycles. The number of nitrogens with one attached hydrogen (secondary N) is 1. The van der Waals surface area contributed by atoms with Gasteiger partial charge in [0.25, 0.3) is 5.91 Å². The lowest BCUT2D eigenvalue weighted by atomic mass is 10.1. The molecule has 1 atom stereocenters. The molecule has 0 spiro atoms. The summed E-state index contributed by atoms with van der Waals surface area (Å²) >= 11 is 0. The van der Waals surface area contributed by atoms with Gasteiger partial charge in [-0.1, -0.05) is 6.07 Å². The average Bonchev–Trinajstić information content (AvgIpc) is 3.09. The molecule has 0 aromatic heterocycles. The number of carbonyl (C=O) groups excluding carboxylic acids is 1. The first-order chi connectivity index (χ1) is 7.70. The van der Waals surface area contributed by atoms with Crippen LogP contribution in [0.4, 0.5) is 4.39 Å². The molecule has 0 heterocycles. The largest absolute Gasteiger partial charge is 0.348 e. The molecule has 86 valence electrons.